The molecule has 1 amide bonds. The zero-order chi connectivity index (χ0) is 15.9. The van der Waals surface area contributed by atoms with Crippen LogP contribution in [0.1, 0.15) is 19.4 Å². The zero-order valence-electron chi connectivity index (χ0n) is 12.4. The van der Waals surface area contributed by atoms with Crippen LogP contribution in [0.25, 0.3) is 21.0 Å². The number of carbonyl (C=O) groups is 2. The average molecular weight is 314 g/mol. The molecule has 0 aliphatic rings. The van der Waals surface area contributed by atoms with Crippen LogP contribution in [-0.4, -0.2) is 16.9 Å². The van der Waals surface area contributed by atoms with Gasteiger partial charge in [-0.15, -0.1) is 0 Å². The SMILES string of the molecule is CC(=O)Nc1nc2c(s1)c(C)c(OC(C)=O)c1ccccc12. The van der Waals surface area contributed by atoms with Crippen molar-refractivity contribution in [3.63, 3.8) is 0 Å². The fourth-order valence-electron chi connectivity index (χ4n) is 2.43. The Hall–Kier alpha value is -2.47. The lowest BCUT2D eigenvalue weighted by Crippen LogP contribution is -2.04. The summed E-state index contributed by atoms with van der Waals surface area (Å²) in [5, 5.41) is 4.98. The first-order valence-corrected chi connectivity index (χ1v) is 7.57. The molecule has 0 spiro atoms. The molecule has 2 aromatic carbocycles. The van der Waals surface area contributed by atoms with Crippen molar-refractivity contribution in [1.29, 1.82) is 0 Å². The van der Waals surface area contributed by atoms with Crippen LogP contribution in [0.15, 0.2) is 24.3 Å². The highest BCUT2D eigenvalue weighted by Crippen LogP contribution is 2.41. The number of thiazole rings is 1. The lowest BCUT2D eigenvalue weighted by atomic mass is 10.0. The molecule has 0 saturated heterocycles. The third-order valence-electron chi connectivity index (χ3n) is 3.26. The fourth-order valence-corrected chi connectivity index (χ4v) is 3.45. The Kier molecular flexibility index (Phi) is 3.54. The van der Waals surface area contributed by atoms with Crippen LogP contribution in [0.5, 0.6) is 5.75 Å². The Balaban J connectivity index is 2.36. The van der Waals surface area contributed by atoms with E-state index in [1.54, 1.807) is 0 Å². The quantitative estimate of drug-likeness (QED) is 0.579. The molecule has 0 radical (unpaired) electrons. The molecule has 22 heavy (non-hydrogen) atoms. The number of carbonyl (C=O) groups excluding carboxylic acids is 2. The number of aryl methyl sites for hydroxylation is 1. The lowest BCUT2D eigenvalue weighted by molar-refractivity contribution is -0.131. The van der Waals surface area contributed by atoms with Crippen LogP contribution in [0.3, 0.4) is 0 Å². The Labute approximate surface area is 130 Å². The van der Waals surface area contributed by atoms with Crippen molar-refractivity contribution < 1.29 is 14.3 Å². The number of benzene rings is 2. The van der Waals surface area contributed by atoms with E-state index < -0.39 is 0 Å². The molecule has 0 aliphatic carbocycles. The summed E-state index contributed by atoms with van der Waals surface area (Å²) in [6, 6.07) is 7.63. The van der Waals surface area contributed by atoms with E-state index in [4.69, 9.17) is 4.74 Å². The molecule has 0 aliphatic heterocycles. The standard InChI is InChI=1S/C16H14N2O3S/c1-8-14(21-10(3)20)12-7-5-4-6-11(12)13-15(8)22-16(18-13)17-9(2)19/h4-7H,1-3H3,(H,17,18,19). The molecular weight excluding hydrogens is 300 g/mol. The number of nitrogens with one attached hydrogen (secondary N) is 1. The highest BCUT2D eigenvalue weighted by Gasteiger charge is 2.18. The summed E-state index contributed by atoms with van der Waals surface area (Å²) in [6.45, 7) is 4.72. The van der Waals surface area contributed by atoms with Crippen molar-refractivity contribution in [1.82, 2.24) is 4.98 Å². The van der Waals surface area contributed by atoms with Crippen molar-refractivity contribution in [3.8, 4) is 5.75 Å². The summed E-state index contributed by atoms with van der Waals surface area (Å²) in [7, 11) is 0. The number of aromatic nitrogens is 1. The third kappa shape index (κ3) is 2.42. The minimum absolute atomic E-state index is 0.166. The van der Waals surface area contributed by atoms with Gasteiger partial charge in [0.2, 0.25) is 5.91 Å². The molecule has 0 unspecified atom stereocenters. The fraction of sp³-hybridized carbons (Fsp3) is 0.188. The normalized spacial score (nSPS) is 10.9. The lowest BCUT2D eigenvalue weighted by Gasteiger charge is -2.10. The van der Waals surface area contributed by atoms with E-state index in [1.807, 2.05) is 31.2 Å². The van der Waals surface area contributed by atoms with Gasteiger partial charge in [0.05, 0.1) is 10.2 Å². The summed E-state index contributed by atoms with van der Waals surface area (Å²) in [4.78, 5) is 27.1. The summed E-state index contributed by atoms with van der Waals surface area (Å²) in [6.07, 6.45) is 0. The van der Waals surface area contributed by atoms with Crippen LogP contribution in [0.4, 0.5) is 5.13 Å². The van der Waals surface area contributed by atoms with Crippen LogP contribution in [-0.2, 0) is 9.59 Å². The first kappa shape index (κ1) is 14.5. The molecule has 0 atom stereocenters. The van der Waals surface area contributed by atoms with Gasteiger partial charge >= 0.3 is 5.97 Å². The first-order chi connectivity index (χ1) is 10.5. The number of nitrogens with zero attached hydrogens (tertiary/aromatic N) is 1. The highest BCUT2D eigenvalue weighted by atomic mass is 32.1. The van der Waals surface area contributed by atoms with E-state index in [9.17, 15) is 9.59 Å². The molecule has 0 bridgehead atoms. The van der Waals surface area contributed by atoms with Gasteiger partial charge in [-0.2, -0.15) is 0 Å². The maximum atomic E-state index is 11.4. The number of esters is 1. The van der Waals surface area contributed by atoms with Gasteiger partial charge in [-0.1, -0.05) is 35.6 Å². The van der Waals surface area contributed by atoms with E-state index in [0.717, 1.165) is 26.6 Å². The minimum Gasteiger partial charge on any atom is -0.426 e. The summed E-state index contributed by atoms with van der Waals surface area (Å²) >= 11 is 1.37. The second-order valence-corrected chi connectivity index (χ2v) is 5.97. The number of hydrogen-bond acceptors (Lipinski definition) is 5. The maximum Gasteiger partial charge on any atom is 0.308 e. The van der Waals surface area contributed by atoms with E-state index in [-0.39, 0.29) is 11.9 Å². The predicted molar refractivity (Wildman–Crippen MR) is 87.5 cm³/mol. The van der Waals surface area contributed by atoms with Crippen LogP contribution in [0, 0.1) is 6.92 Å². The summed E-state index contributed by atoms with van der Waals surface area (Å²) in [5.74, 6) is 0.0223. The molecule has 1 aromatic heterocycles. The summed E-state index contributed by atoms with van der Waals surface area (Å²) in [5.41, 5.74) is 1.65. The van der Waals surface area contributed by atoms with E-state index in [0.29, 0.717) is 10.9 Å². The van der Waals surface area contributed by atoms with Gasteiger partial charge in [-0.3, -0.25) is 9.59 Å². The molecule has 0 saturated carbocycles. The Morgan fingerprint density at radius 1 is 1.18 bits per heavy atom. The number of anilines is 1. The number of ether oxygens (including phenoxy) is 1. The number of amides is 1. The maximum absolute atomic E-state index is 11.4. The van der Waals surface area contributed by atoms with Gasteiger partial charge < -0.3 is 10.1 Å². The Morgan fingerprint density at radius 3 is 2.50 bits per heavy atom. The van der Waals surface area contributed by atoms with Gasteiger partial charge in [-0.05, 0) is 6.92 Å². The van der Waals surface area contributed by atoms with Crippen LogP contribution < -0.4 is 10.1 Å². The molecular formula is C16H14N2O3S. The minimum atomic E-state index is -0.362. The molecule has 1 N–H and O–H groups in total. The van der Waals surface area contributed by atoms with Crippen LogP contribution in [0.2, 0.25) is 0 Å². The van der Waals surface area contributed by atoms with E-state index >= 15 is 0 Å². The van der Waals surface area contributed by atoms with Crippen molar-refractivity contribution in [2.45, 2.75) is 20.8 Å². The second-order valence-electron chi connectivity index (χ2n) is 4.97. The first-order valence-electron chi connectivity index (χ1n) is 6.75. The van der Waals surface area contributed by atoms with Gasteiger partial charge in [0.25, 0.3) is 0 Å². The monoisotopic (exact) mass is 314 g/mol. The highest BCUT2D eigenvalue weighted by molar-refractivity contribution is 7.22. The second kappa shape index (κ2) is 5.38. The Bertz CT molecular complexity index is 915. The smallest absolute Gasteiger partial charge is 0.308 e. The third-order valence-corrected chi connectivity index (χ3v) is 4.35. The van der Waals surface area contributed by atoms with E-state index in [2.05, 4.69) is 10.3 Å². The van der Waals surface area contributed by atoms with Crippen LogP contribution >= 0.6 is 11.3 Å². The van der Waals surface area contributed by atoms with E-state index in [1.165, 1.54) is 25.2 Å². The molecule has 1 heterocycles. The molecule has 0 fully saturated rings. The number of hydrogen-bond donors (Lipinski definition) is 1. The van der Waals surface area contributed by atoms with Crippen molar-refractivity contribution in [2.24, 2.45) is 0 Å². The van der Waals surface area contributed by atoms with Crippen molar-refractivity contribution >= 4 is 49.3 Å². The van der Waals surface area contributed by atoms with Crippen molar-refractivity contribution in [2.75, 3.05) is 5.32 Å². The zero-order valence-corrected chi connectivity index (χ0v) is 13.2. The Morgan fingerprint density at radius 2 is 1.86 bits per heavy atom. The van der Waals surface area contributed by atoms with Gasteiger partial charge in [0, 0.05) is 30.2 Å². The largest absolute Gasteiger partial charge is 0.426 e. The average Bonchev–Trinajstić information content (AvgIpc) is 2.86. The topological polar surface area (TPSA) is 68.3 Å². The van der Waals surface area contributed by atoms with Crippen molar-refractivity contribution in [3.05, 3.63) is 29.8 Å². The van der Waals surface area contributed by atoms with Gasteiger partial charge in [0.1, 0.15) is 5.75 Å². The molecule has 6 heteroatoms. The van der Waals surface area contributed by atoms with Gasteiger partial charge in [0.15, 0.2) is 5.13 Å². The molecule has 5 nitrogen and oxygen atoms in total. The predicted octanol–water partition coefficient (Wildman–Crippen LogP) is 3.64. The number of fused-ring (bicyclic) bond motifs is 3. The number of rotatable bonds is 2. The van der Waals surface area contributed by atoms with Gasteiger partial charge in [-0.25, -0.2) is 4.98 Å². The molecule has 3 aromatic rings. The molecule has 3 rings (SSSR count). The summed E-state index contributed by atoms with van der Waals surface area (Å²) < 4.78 is 6.31. The molecule has 112 valence electrons.